The van der Waals surface area contributed by atoms with Gasteiger partial charge in [0.25, 0.3) is 6.71 Å². The third-order valence-corrected chi connectivity index (χ3v) is 16.0. The standard InChI is InChI=1S/C62H75BN4/c1-59(2,3)45-33-46(60(4,5)6)36-49(35-45)66-54-25-23-42(40-19-15-13-16-20-40)29-51(54)63-52-30-43(41-21-17-14-18-22-41)24-26-55(52)67(50-37-47(61(7,8)9)34-48(38-50)62(10,11)12)57-32-44(31-56(66)58(57)63)53-27-28-64-39-65-53/h23-41H,13-22H2,1-12H3. The Bertz CT molecular complexity index is 2580. The zero-order valence-corrected chi connectivity index (χ0v) is 42.9. The van der Waals surface area contributed by atoms with Crippen molar-refractivity contribution in [3.05, 3.63) is 137 Å². The number of nitrogens with zero attached hydrogens (tertiary/aromatic N) is 4. The van der Waals surface area contributed by atoms with Crippen molar-refractivity contribution in [2.75, 3.05) is 9.80 Å². The summed E-state index contributed by atoms with van der Waals surface area (Å²) in [6.45, 7) is 28.4. The van der Waals surface area contributed by atoms with E-state index in [0.29, 0.717) is 11.8 Å². The lowest BCUT2D eigenvalue weighted by Gasteiger charge is -2.45. The maximum absolute atomic E-state index is 4.96. The lowest BCUT2D eigenvalue weighted by atomic mass is 9.33. The Kier molecular flexibility index (Phi) is 11.4. The smallest absolute Gasteiger partial charge is 0.252 e. The SMILES string of the molecule is CC(C)(C)c1cc(N2c3ccc(C4CCCCC4)cc3B3c4cc(C5CCCCC5)ccc4N(c4cc(C(C)(C)C)cc(C(C)(C)C)c4)c4cc(-c5ccncn5)cc2c43)cc(C(C)(C)C)c1. The molecular weight excluding hydrogens is 812 g/mol. The molecular formula is C62H75BN4. The largest absolute Gasteiger partial charge is 0.311 e. The minimum atomic E-state index is -0.0433. The summed E-state index contributed by atoms with van der Waals surface area (Å²) in [4.78, 5) is 14.7. The van der Waals surface area contributed by atoms with Crippen molar-refractivity contribution in [2.45, 2.75) is 181 Å². The molecule has 2 fully saturated rings. The van der Waals surface area contributed by atoms with E-state index in [1.807, 2.05) is 6.20 Å². The second kappa shape index (κ2) is 16.8. The van der Waals surface area contributed by atoms with Crippen LogP contribution in [-0.2, 0) is 21.7 Å². The Balaban J connectivity index is 1.35. The topological polar surface area (TPSA) is 32.3 Å². The summed E-state index contributed by atoms with van der Waals surface area (Å²) in [5, 5.41) is 0. The first-order valence-corrected chi connectivity index (χ1v) is 25.9. The van der Waals surface area contributed by atoms with Crippen LogP contribution in [0.2, 0.25) is 0 Å². The molecule has 0 unspecified atom stereocenters. The molecule has 0 saturated heterocycles. The van der Waals surface area contributed by atoms with E-state index in [1.54, 1.807) is 6.33 Å². The average molecular weight is 887 g/mol. The highest BCUT2D eigenvalue weighted by molar-refractivity contribution is 7.00. The van der Waals surface area contributed by atoms with Crippen LogP contribution in [0.4, 0.5) is 34.1 Å². The van der Waals surface area contributed by atoms with Gasteiger partial charge in [0.15, 0.2) is 0 Å². The van der Waals surface area contributed by atoms with Crippen LogP contribution in [0.3, 0.4) is 0 Å². The lowest BCUT2D eigenvalue weighted by Crippen LogP contribution is -2.61. The molecule has 0 N–H and O–H groups in total. The molecule has 67 heavy (non-hydrogen) atoms. The normalized spacial score (nSPS) is 17.0. The van der Waals surface area contributed by atoms with Crippen LogP contribution in [-0.4, -0.2) is 16.7 Å². The van der Waals surface area contributed by atoms with E-state index in [9.17, 15) is 0 Å². The maximum atomic E-state index is 4.96. The molecule has 0 atom stereocenters. The molecule has 0 amide bonds. The molecule has 0 spiro atoms. The quantitative estimate of drug-likeness (QED) is 0.161. The van der Waals surface area contributed by atoms with Crippen molar-refractivity contribution in [2.24, 2.45) is 0 Å². The van der Waals surface area contributed by atoms with Gasteiger partial charge in [0.2, 0.25) is 0 Å². The van der Waals surface area contributed by atoms with Gasteiger partial charge in [-0.3, -0.25) is 0 Å². The molecule has 1 aromatic heterocycles. The van der Waals surface area contributed by atoms with Crippen molar-refractivity contribution in [3.8, 4) is 11.3 Å². The number of hydrogen-bond acceptors (Lipinski definition) is 4. The molecule has 0 radical (unpaired) electrons. The number of fused-ring (bicyclic) bond motifs is 4. The molecule has 3 heterocycles. The van der Waals surface area contributed by atoms with Gasteiger partial charge in [-0.15, -0.1) is 0 Å². The van der Waals surface area contributed by atoms with Gasteiger partial charge in [-0.05, 0) is 164 Å². The van der Waals surface area contributed by atoms with Crippen LogP contribution in [0.15, 0.2) is 104 Å². The molecule has 2 aliphatic heterocycles. The number of rotatable bonds is 5. The lowest BCUT2D eigenvalue weighted by molar-refractivity contribution is 0.444. The van der Waals surface area contributed by atoms with Crippen LogP contribution < -0.4 is 26.2 Å². The van der Waals surface area contributed by atoms with E-state index in [2.05, 4.69) is 189 Å². The van der Waals surface area contributed by atoms with Gasteiger partial charge < -0.3 is 9.80 Å². The highest BCUT2D eigenvalue weighted by Crippen LogP contribution is 2.49. The highest BCUT2D eigenvalue weighted by Gasteiger charge is 2.45. The van der Waals surface area contributed by atoms with Gasteiger partial charge >= 0.3 is 0 Å². The molecule has 5 heteroatoms. The summed E-state index contributed by atoms with van der Waals surface area (Å²) >= 11 is 0. The van der Waals surface area contributed by atoms with E-state index in [0.717, 1.165) is 11.3 Å². The number of anilines is 6. The molecule has 10 rings (SSSR count). The van der Waals surface area contributed by atoms with Crippen LogP contribution in [0.1, 0.15) is 193 Å². The monoisotopic (exact) mass is 887 g/mol. The second-order valence-electron chi connectivity index (χ2n) is 25.0. The second-order valence-corrected chi connectivity index (χ2v) is 25.0. The van der Waals surface area contributed by atoms with E-state index in [1.165, 1.54) is 148 Å². The van der Waals surface area contributed by atoms with Gasteiger partial charge in [-0.25, -0.2) is 9.97 Å². The predicted octanol–water partition coefficient (Wildman–Crippen LogP) is 15.5. The summed E-state index contributed by atoms with van der Waals surface area (Å²) in [5.41, 5.74) is 22.1. The summed E-state index contributed by atoms with van der Waals surface area (Å²) in [5.74, 6) is 1.18. The average Bonchev–Trinajstić information content (AvgIpc) is 3.30. The van der Waals surface area contributed by atoms with Gasteiger partial charge in [-0.1, -0.05) is 158 Å². The molecule has 346 valence electrons. The van der Waals surface area contributed by atoms with Gasteiger partial charge in [0, 0.05) is 45.9 Å². The first-order chi connectivity index (χ1) is 31.7. The predicted molar refractivity (Wildman–Crippen MR) is 288 cm³/mol. The molecule has 6 aromatic rings. The van der Waals surface area contributed by atoms with Crippen LogP contribution >= 0.6 is 0 Å². The fourth-order valence-electron chi connectivity index (χ4n) is 11.8. The van der Waals surface area contributed by atoms with Crippen molar-refractivity contribution in [1.29, 1.82) is 0 Å². The minimum absolute atomic E-state index is 0.0433. The molecule has 2 aliphatic carbocycles. The number of hydrogen-bond donors (Lipinski definition) is 0. The maximum Gasteiger partial charge on any atom is 0.252 e. The third-order valence-electron chi connectivity index (χ3n) is 16.0. The zero-order valence-electron chi connectivity index (χ0n) is 42.9. The Morgan fingerprint density at radius 3 is 1.21 bits per heavy atom. The summed E-state index contributed by atoms with van der Waals surface area (Å²) in [7, 11) is 0. The van der Waals surface area contributed by atoms with E-state index in [-0.39, 0.29) is 28.4 Å². The highest BCUT2D eigenvalue weighted by atomic mass is 15.2. The zero-order chi connectivity index (χ0) is 47.2. The van der Waals surface area contributed by atoms with Crippen LogP contribution in [0, 0.1) is 0 Å². The fourth-order valence-corrected chi connectivity index (χ4v) is 11.8. The summed E-state index contributed by atoms with van der Waals surface area (Å²) < 4.78 is 0. The van der Waals surface area contributed by atoms with Crippen LogP contribution in [0.5, 0.6) is 0 Å². The van der Waals surface area contributed by atoms with E-state index in [4.69, 9.17) is 4.98 Å². The van der Waals surface area contributed by atoms with Crippen LogP contribution in [0.25, 0.3) is 11.3 Å². The first-order valence-electron chi connectivity index (χ1n) is 25.9. The third kappa shape index (κ3) is 8.56. The van der Waals surface area contributed by atoms with Crippen molar-refractivity contribution in [1.82, 2.24) is 9.97 Å². The van der Waals surface area contributed by atoms with Crippen molar-refractivity contribution in [3.63, 3.8) is 0 Å². The van der Waals surface area contributed by atoms with E-state index >= 15 is 0 Å². The summed E-state index contributed by atoms with van der Waals surface area (Å²) in [6.07, 6.45) is 16.7. The molecule has 4 aliphatic rings. The van der Waals surface area contributed by atoms with Gasteiger partial charge in [-0.2, -0.15) is 0 Å². The van der Waals surface area contributed by atoms with Crippen molar-refractivity contribution >= 4 is 57.2 Å². The number of benzene rings is 5. The van der Waals surface area contributed by atoms with Gasteiger partial charge in [0.05, 0.1) is 5.69 Å². The molecule has 0 bridgehead atoms. The molecule has 5 aromatic carbocycles. The Labute approximate surface area is 404 Å². The van der Waals surface area contributed by atoms with Gasteiger partial charge in [0.1, 0.15) is 6.33 Å². The Hall–Kier alpha value is -5.16. The fraction of sp³-hybridized carbons (Fsp3) is 0.452. The van der Waals surface area contributed by atoms with Crippen molar-refractivity contribution < 1.29 is 0 Å². The van der Waals surface area contributed by atoms with E-state index < -0.39 is 0 Å². The Morgan fingerprint density at radius 2 is 0.851 bits per heavy atom. The summed E-state index contributed by atoms with van der Waals surface area (Å²) in [6, 6.07) is 37.3. The first kappa shape index (κ1) is 45.6. The Morgan fingerprint density at radius 1 is 0.448 bits per heavy atom. The molecule has 2 saturated carbocycles. The molecule has 4 nitrogen and oxygen atoms in total. The minimum Gasteiger partial charge on any atom is -0.311 e. The number of aromatic nitrogens is 2.